The summed E-state index contributed by atoms with van der Waals surface area (Å²) in [4.78, 5) is 19.7. The minimum Gasteiger partial charge on any atom is -0.383 e. The van der Waals surface area contributed by atoms with Crippen LogP contribution in [0.5, 0.6) is 0 Å². The summed E-state index contributed by atoms with van der Waals surface area (Å²) in [5, 5.41) is 10.7. The van der Waals surface area contributed by atoms with Crippen LogP contribution >= 0.6 is 0 Å². The average molecular weight is 130 g/mol. The summed E-state index contributed by atoms with van der Waals surface area (Å²) in [7, 11) is 0. The highest BCUT2D eigenvalue weighted by Gasteiger charge is 2.01. The number of carbonyl (C=O) groups is 1. The van der Waals surface area contributed by atoms with Gasteiger partial charge in [-0.15, -0.1) is 0 Å². The number of aliphatic hydroxyl groups excluding tert-OH is 1. The van der Waals surface area contributed by atoms with Crippen molar-refractivity contribution in [2.45, 2.75) is 13.0 Å². The van der Waals surface area contributed by atoms with Crippen LogP contribution < -0.4 is 5.32 Å². The molecule has 1 unspecified atom stereocenters. The van der Waals surface area contributed by atoms with E-state index in [2.05, 4.69) is 5.32 Å². The Morgan fingerprint density at radius 2 is 2.44 bits per heavy atom. The monoisotopic (exact) mass is 130 g/mol. The highest BCUT2D eigenvalue weighted by atomic mass is 16.3. The Labute approximate surface area is 52.9 Å². The predicted molar refractivity (Wildman–Crippen MR) is 30.4 cm³/mol. The second kappa shape index (κ2) is 4.03. The molecule has 4 heteroatoms. The Balaban J connectivity index is 3.26. The van der Waals surface area contributed by atoms with E-state index in [1.807, 2.05) is 0 Å². The van der Waals surface area contributed by atoms with E-state index >= 15 is 0 Å². The van der Waals surface area contributed by atoms with Gasteiger partial charge in [0.2, 0.25) is 12.2 Å². The van der Waals surface area contributed by atoms with Gasteiger partial charge in [-0.1, -0.05) is 0 Å². The Morgan fingerprint density at radius 1 is 1.89 bits per heavy atom. The van der Waals surface area contributed by atoms with E-state index in [1.165, 1.54) is 13.2 Å². The average Bonchev–Trinajstić information content (AvgIpc) is 1.83. The SMILES string of the molecule is CC(=O)NCC(O)[C]=O. The molecule has 0 rings (SSSR count). The van der Waals surface area contributed by atoms with E-state index < -0.39 is 6.10 Å². The maximum Gasteiger partial charge on any atom is 0.231 e. The molecule has 0 heterocycles. The minimum atomic E-state index is -1.20. The van der Waals surface area contributed by atoms with Crippen molar-refractivity contribution in [3.63, 3.8) is 0 Å². The van der Waals surface area contributed by atoms with Gasteiger partial charge in [-0.2, -0.15) is 0 Å². The standard InChI is InChI=1S/C5H8NO3/c1-4(8)6-2-5(9)3-7/h5,9H,2H2,1H3,(H,6,8). The van der Waals surface area contributed by atoms with Crippen molar-refractivity contribution in [2.24, 2.45) is 0 Å². The van der Waals surface area contributed by atoms with Crippen LogP contribution in [0.2, 0.25) is 0 Å². The van der Waals surface area contributed by atoms with Crippen LogP contribution in [0.25, 0.3) is 0 Å². The molecule has 1 amide bonds. The van der Waals surface area contributed by atoms with Gasteiger partial charge in [0.1, 0.15) is 6.10 Å². The van der Waals surface area contributed by atoms with Crippen LogP contribution in [0.3, 0.4) is 0 Å². The Kier molecular flexibility index (Phi) is 3.62. The molecule has 1 atom stereocenters. The van der Waals surface area contributed by atoms with Gasteiger partial charge in [-0.05, 0) is 0 Å². The highest BCUT2D eigenvalue weighted by molar-refractivity contribution is 5.73. The van der Waals surface area contributed by atoms with E-state index in [-0.39, 0.29) is 12.5 Å². The zero-order valence-corrected chi connectivity index (χ0v) is 5.05. The summed E-state index contributed by atoms with van der Waals surface area (Å²) in [5.41, 5.74) is 0. The van der Waals surface area contributed by atoms with Gasteiger partial charge in [-0.3, -0.25) is 9.59 Å². The van der Waals surface area contributed by atoms with Crippen LogP contribution in [0.4, 0.5) is 0 Å². The molecule has 0 saturated heterocycles. The fourth-order valence-corrected chi connectivity index (χ4v) is 0.282. The van der Waals surface area contributed by atoms with Crippen LogP contribution in [0, 0.1) is 0 Å². The smallest absolute Gasteiger partial charge is 0.231 e. The lowest BCUT2D eigenvalue weighted by Gasteiger charge is -2.00. The summed E-state index contributed by atoms with van der Waals surface area (Å²) in [6.07, 6.45) is 0.111. The fraction of sp³-hybridized carbons (Fsp3) is 0.600. The van der Waals surface area contributed by atoms with Gasteiger partial charge in [0.05, 0.1) is 6.54 Å². The third-order valence-electron chi connectivity index (χ3n) is 0.680. The molecule has 0 fully saturated rings. The molecule has 0 aromatic carbocycles. The predicted octanol–water partition coefficient (Wildman–Crippen LogP) is -1.41. The molecule has 0 aliphatic carbocycles. The molecule has 1 radical (unpaired) electrons. The summed E-state index contributed by atoms with van der Waals surface area (Å²) in [6.45, 7) is 1.25. The maximum atomic E-state index is 10.1. The first-order valence-corrected chi connectivity index (χ1v) is 2.47. The zero-order valence-electron chi connectivity index (χ0n) is 5.05. The number of hydrogen-bond donors (Lipinski definition) is 2. The van der Waals surface area contributed by atoms with Crippen LogP contribution in [-0.4, -0.2) is 29.9 Å². The lowest BCUT2D eigenvalue weighted by molar-refractivity contribution is -0.119. The van der Waals surface area contributed by atoms with Gasteiger partial charge in [-0.25, -0.2) is 0 Å². The number of carbonyl (C=O) groups excluding carboxylic acids is 2. The number of rotatable bonds is 3. The molecule has 0 saturated carbocycles. The summed E-state index contributed by atoms with van der Waals surface area (Å²) in [5.74, 6) is -0.274. The number of nitrogens with one attached hydrogen (secondary N) is 1. The molecule has 0 aliphatic heterocycles. The molecule has 0 aromatic heterocycles. The molecule has 0 aromatic rings. The molecule has 0 spiro atoms. The van der Waals surface area contributed by atoms with Crippen LogP contribution in [0.15, 0.2) is 0 Å². The van der Waals surface area contributed by atoms with Crippen molar-refractivity contribution in [3.8, 4) is 0 Å². The molecule has 4 nitrogen and oxygen atoms in total. The molecule has 51 valence electrons. The number of amides is 1. The molecule has 9 heavy (non-hydrogen) atoms. The molecule has 0 aliphatic rings. The topological polar surface area (TPSA) is 66.4 Å². The van der Waals surface area contributed by atoms with Gasteiger partial charge >= 0.3 is 0 Å². The second-order valence-electron chi connectivity index (χ2n) is 1.57. The lowest BCUT2D eigenvalue weighted by Crippen LogP contribution is -2.30. The molecular weight excluding hydrogens is 122 g/mol. The van der Waals surface area contributed by atoms with Crippen LogP contribution in [-0.2, 0) is 9.59 Å². The molecule has 0 bridgehead atoms. The Hall–Kier alpha value is -0.900. The summed E-state index contributed by atoms with van der Waals surface area (Å²) < 4.78 is 0. The quantitative estimate of drug-likeness (QED) is 0.493. The number of hydrogen-bond acceptors (Lipinski definition) is 3. The summed E-state index contributed by atoms with van der Waals surface area (Å²) >= 11 is 0. The third-order valence-corrected chi connectivity index (χ3v) is 0.680. The minimum absolute atomic E-state index is 0.0567. The van der Waals surface area contributed by atoms with Crippen molar-refractivity contribution in [1.82, 2.24) is 5.32 Å². The van der Waals surface area contributed by atoms with Gasteiger partial charge < -0.3 is 10.4 Å². The van der Waals surface area contributed by atoms with Gasteiger partial charge in [0.25, 0.3) is 0 Å². The van der Waals surface area contributed by atoms with Gasteiger partial charge in [0.15, 0.2) is 0 Å². The molecule has 2 N–H and O–H groups in total. The van der Waals surface area contributed by atoms with Crippen LogP contribution in [0.1, 0.15) is 6.92 Å². The van der Waals surface area contributed by atoms with Crippen molar-refractivity contribution in [2.75, 3.05) is 6.54 Å². The van der Waals surface area contributed by atoms with Crippen molar-refractivity contribution >= 4 is 12.2 Å². The maximum absolute atomic E-state index is 10.1. The van der Waals surface area contributed by atoms with E-state index in [0.717, 1.165) is 0 Å². The van der Waals surface area contributed by atoms with Crippen molar-refractivity contribution < 1.29 is 14.7 Å². The second-order valence-corrected chi connectivity index (χ2v) is 1.57. The third kappa shape index (κ3) is 4.96. The Bertz CT molecular complexity index is 113. The number of aliphatic hydroxyl groups is 1. The van der Waals surface area contributed by atoms with Gasteiger partial charge in [0, 0.05) is 6.92 Å². The summed E-state index contributed by atoms with van der Waals surface area (Å²) in [6, 6.07) is 0. The first kappa shape index (κ1) is 8.10. The van der Waals surface area contributed by atoms with Crippen molar-refractivity contribution in [3.05, 3.63) is 0 Å². The van der Waals surface area contributed by atoms with Crippen molar-refractivity contribution in [1.29, 1.82) is 0 Å². The highest BCUT2D eigenvalue weighted by Crippen LogP contribution is 1.70. The van der Waals surface area contributed by atoms with E-state index in [4.69, 9.17) is 5.11 Å². The largest absolute Gasteiger partial charge is 0.383 e. The molecular formula is C5H8NO3. The normalized spacial score (nSPS) is 12.2. The lowest BCUT2D eigenvalue weighted by atomic mass is 10.4. The fourth-order valence-electron chi connectivity index (χ4n) is 0.282. The first-order valence-electron chi connectivity index (χ1n) is 2.47. The van der Waals surface area contributed by atoms with E-state index in [9.17, 15) is 9.59 Å². The first-order chi connectivity index (χ1) is 4.16. The Morgan fingerprint density at radius 3 is 2.78 bits per heavy atom. The zero-order chi connectivity index (χ0) is 7.28. The van der Waals surface area contributed by atoms with E-state index in [1.54, 1.807) is 0 Å². The van der Waals surface area contributed by atoms with E-state index in [0.29, 0.717) is 0 Å².